The topological polar surface area (TPSA) is 83.8 Å². The molecule has 2 aromatic carbocycles. The number of nitro benzene ring substituents is 1. The summed E-state index contributed by atoms with van der Waals surface area (Å²) in [4.78, 5) is 19.0. The van der Waals surface area contributed by atoms with Gasteiger partial charge in [0.15, 0.2) is 0 Å². The number of anilines is 2. The number of hydrogen-bond acceptors (Lipinski definition) is 7. The summed E-state index contributed by atoms with van der Waals surface area (Å²) in [7, 11) is 0. The molecule has 1 saturated heterocycles. The Labute approximate surface area is 235 Å². The van der Waals surface area contributed by atoms with Crippen LogP contribution in [0.1, 0.15) is 36.8 Å². The van der Waals surface area contributed by atoms with E-state index in [0.29, 0.717) is 31.6 Å². The molecule has 12 heteroatoms. The van der Waals surface area contributed by atoms with Crippen molar-refractivity contribution < 1.29 is 27.2 Å². The number of piperazine rings is 1. The van der Waals surface area contributed by atoms with E-state index in [1.165, 1.54) is 18.2 Å². The predicted molar refractivity (Wildman–Crippen MR) is 147 cm³/mol. The number of alkyl halides is 3. The lowest BCUT2D eigenvalue weighted by Gasteiger charge is -2.36. The van der Waals surface area contributed by atoms with Crippen LogP contribution in [-0.4, -0.2) is 53.1 Å². The Morgan fingerprint density at radius 2 is 1.68 bits per heavy atom. The van der Waals surface area contributed by atoms with Crippen LogP contribution in [0.2, 0.25) is 0 Å². The molecule has 1 aliphatic heterocycles. The summed E-state index contributed by atoms with van der Waals surface area (Å²) in [5, 5.41) is 14.1. The number of rotatable bonds is 8. The lowest BCUT2D eigenvalue weighted by atomic mass is 9.92. The second-order valence-corrected chi connectivity index (χ2v) is 10.5. The van der Waals surface area contributed by atoms with Gasteiger partial charge in [0.05, 0.1) is 4.92 Å². The maximum atomic E-state index is 13.3. The van der Waals surface area contributed by atoms with E-state index in [-0.39, 0.29) is 23.7 Å². The Morgan fingerprint density at radius 1 is 0.976 bits per heavy atom. The minimum Gasteiger partial charge on any atom is -0.474 e. The summed E-state index contributed by atoms with van der Waals surface area (Å²) < 4.78 is 59.3. The van der Waals surface area contributed by atoms with Gasteiger partial charge in [-0.15, -0.1) is 0 Å². The highest BCUT2D eigenvalue weighted by Crippen LogP contribution is 2.38. The Bertz CT molecular complexity index is 1340. The molecule has 1 aromatic heterocycles. The fraction of sp³-hybridized carbons (Fsp3) is 0.414. The van der Waals surface area contributed by atoms with Crippen LogP contribution in [-0.2, 0) is 12.7 Å². The fourth-order valence-electron chi connectivity index (χ4n) is 5.42. The van der Waals surface area contributed by atoms with Gasteiger partial charge in [-0.2, -0.15) is 13.2 Å². The standard InChI is InChI=1S/C29H31F4N5O3/c30-21-3-1-20(2-4-21)19-36-13-15-37(16-14-36)24-11-12-34-28(18-24)41-25-8-5-22(6-9-25)35-23-7-10-27(38(39)40)26(17-23)29(31,32)33/h1-4,7,10-12,17-18,22,25,35H,5-6,8-9,13-16,19H2. The monoisotopic (exact) mass is 573 g/mol. The van der Waals surface area contributed by atoms with Gasteiger partial charge in [0, 0.05) is 68.5 Å². The molecular formula is C29H31F4N5O3. The van der Waals surface area contributed by atoms with E-state index in [4.69, 9.17) is 4.74 Å². The molecule has 1 saturated carbocycles. The van der Waals surface area contributed by atoms with E-state index in [1.54, 1.807) is 6.20 Å². The maximum Gasteiger partial charge on any atom is 0.423 e. The molecule has 218 valence electrons. The van der Waals surface area contributed by atoms with Gasteiger partial charge in [0.1, 0.15) is 17.5 Å². The average Bonchev–Trinajstić information content (AvgIpc) is 2.95. The van der Waals surface area contributed by atoms with Crippen LogP contribution >= 0.6 is 0 Å². The summed E-state index contributed by atoms with van der Waals surface area (Å²) in [6.07, 6.45) is -0.390. The molecule has 41 heavy (non-hydrogen) atoms. The van der Waals surface area contributed by atoms with E-state index in [0.717, 1.165) is 56.1 Å². The molecule has 0 atom stereocenters. The molecule has 8 nitrogen and oxygen atoms in total. The molecule has 0 unspecified atom stereocenters. The van der Waals surface area contributed by atoms with Crippen molar-refractivity contribution in [2.75, 3.05) is 36.4 Å². The van der Waals surface area contributed by atoms with Gasteiger partial charge in [-0.05, 0) is 61.6 Å². The van der Waals surface area contributed by atoms with Crippen molar-refractivity contribution in [3.63, 3.8) is 0 Å². The molecule has 0 amide bonds. The predicted octanol–water partition coefficient (Wildman–Crippen LogP) is 6.27. The summed E-state index contributed by atoms with van der Waals surface area (Å²) in [5.41, 5.74) is 0.111. The lowest BCUT2D eigenvalue weighted by molar-refractivity contribution is -0.388. The molecule has 1 N–H and O–H groups in total. The number of hydrogen-bond donors (Lipinski definition) is 1. The molecular weight excluding hydrogens is 542 g/mol. The van der Waals surface area contributed by atoms with Gasteiger partial charge in [0.2, 0.25) is 5.88 Å². The molecule has 0 spiro atoms. The largest absolute Gasteiger partial charge is 0.474 e. The molecule has 0 bridgehead atoms. The van der Waals surface area contributed by atoms with E-state index in [9.17, 15) is 27.7 Å². The molecule has 0 radical (unpaired) electrons. The highest BCUT2D eigenvalue weighted by Gasteiger charge is 2.38. The van der Waals surface area contributed by atoms with Gasteiger partial charge >= 0.3 is 6.18 Å². The van der Waals surface area contributed by atoms with Gasteiger partial charge in [-0.1, -0.05) is 12.1 Å². The normalized spacial score (nSPS) is 20.0. The lowest BCUT2D eigenvalue weighted by Crippen LogP contribution is -2.46. The third-order valence-electron chi connectivity index (χ3n) is 7.61. The zero-order valence-corrected chi connectivity index (χ0v) is 22.3. The molecule has 2 fully saturated rings. The molecule has 5 rings (SSSR count). The first-order valence-corrected chi connectivity index (χ1v) is 13.6. The van der Waals surface area contributed by atoms with Gasteiger partial charge < -0.3 is 15.0 Å². The number of nitrogens with zero attached hydrogens (tertiary/aromatic N) is 4. The van der Waals surface area contributed by atoms with Crippen LogP contribution in [0.3, 0.4) is 0 Å². The van der Waals surface area contributed by atoms with Crippen LogP contribution in [0.4, 0.5) is 34.6 Å². The molecule has 1 aliphatic carbocycles. The van der Waals surface area contributed by atoms with Crippen molar-refractivity contribution in [3.8, 4) is 5.88 Å². The van der Waals surface area contributed by atoms with Gasteiger partial charge in [-0.3, -0.25) is 15.0 Å². The van der Waals surface area contributed by atoms with Crippen molar-refractivity contribution in [1.82, 2.24) is 9.88 Å². The van der Waals surface area contributed by atoms with Crippen molar-refractivity contribution >= 4 is 17.1 Å². The summed E-state index contributed by atoms with van der Waals surface area (Å²) in [6, 6.07) is 13.4. The Hall–Kier alpha value is -3.93. The second kappa shape index (κ2) is 12.3. The first kappa shape index (κ1) is 28.6. The summed E-state index contributed by atoms with van der Waals surface area (Å²) >= 11 is 0. The number of halogens is 4. The van der Waals surface area contributed by atoms with Gasteiger partial charge in [0.25, 0.3) is 5.69 Å². The van der Waals surface area contributed by atoms with E-state index < -0.39 is 22.4 Å². The van der Waals surface area contributed by atoms with Crippen LogP contribution in [0.15, 0.2) is 60.8 Å². The Morgan fingerprint density at radius 3 is 2.34 bits per heavy atom. The number of ether oxygens (including phenoxy) is 1. The van der Waals surface area contributed by atoms with Crippen molar-refractivity contribution in [1.29, 1.82) is 0 Å². The average molecular weight is 574 g/mol. The minimum absolute atomic E-state index is 0.0639. The van der Waals surface area contributed by atoms with Crippen molar-refractivity contribution in [3.05, 3.63) is 87.9 Å². The fourth-order valence-corrected chi connectivity index (χ4v) is 5.42. The molecule has 2 heterocycles. The number of aromatic nitrogens is 1. The highest BCUT2D eigenvalue weighted by molar-refractivity contribution is 5.55. The Balaban J connectivity index is 1.10. The SMILES string of the molecule is O=[N+]([O-])c1ccc(NC2CCC(Oc3cc(N4CCN(Cc5ccc(F)cc5)CC4)ccn3)CC2)cc1C(F)(F)F. The minimum atomic E-state index is -4.81. The van der Waals surface area contributed by atoms with Crippen LogP contribution < -0.4 is 15.0 Å². The number of nitrogens with one attached hydrogen (secondary N) is 1. The van der Waals surface area contributed by atoms with E-state index >= 15 is 0 Å². The quantitative estimate of drug-likeness (QED) is 0.193. The van der Waals surface area contributed by atoms with Crippen LogP contribution in [0.5, 0.6) is 5.88 Å². The highest BCUT2D eigenvalue weighted by atomic mass is 19.4. The summed E-state index contributed by atoms with van der Waals surface area (Å²) in [5.74, 6) is 0.307. The first-order valence-electron chi connectivity index (χ1n) is 13.6. The van der Waals surface area contributed by atoms with Gasteiger partial charge in [-0.25, -0.2) is 9.37 Å². The molecule has 2 aliphatic rings. The van der Waals surface area contributed by atoms with E-state index in [2.05, 4.69) is 20.1 Å². The maximum absolute atomic E-state index is 13.3. The third-order valence-corrected chi connectivity index (χ3v) is 7.61. The second-order valence-electron chi connectivity index (χ2n) is 10.5. The van der Waals surface area contributed by atoms with E-state index in [1.807, 2.05) is 24.3 Å². The smallest absolute Gasteiger partial charge is 0.423 e. The third kappa shape index (κ3) is 7.43. The zero-order valence-electron chi connectivity index (χ0n) is 22.3. The first-order chi connectivity index (χ1) is 19.6. The number of nitro groups is 1. The summed E-state index contributed by atoms with van der Waals surface area (Å²) in [6.45, 7) is 4.24. The van der Waals surface area contributed by atoms with Crippen molar-refractivity contribution in [2.45, 2.75) is 50.6 Å². The van der Waals surface area contributed by atoms with Crippen LogP contribution in [0.25, 0.3) is 0 Å². The van der Waals surface area contributed by atoms with Crippen molar-refractivity contribution in [2.24, 2.45) is 0 Å². The number of pyridine rings is 1. The number of benzene rings is 2. The zero-order chi connectivity index (χ0) is 29.0. The Kier molecular flexibility index (Phi) is 8.57. The molecule has 3 aromatic rings. The van der Waals surface area contributed by atoms with Crippen LogP contribution in [0, 0.1) is 15.9 Å².